The summed E-state index contributed by atoms with van der Waals surface area (Å²) < 4.78 is 36.7. The molecule has 0 amide bonds. The fourth-order valence-electron chi connectivity index (χ4n) is 7.01. The van der Waals surface area contributed by atoms with Crippen LogP contribution in [0.1, 0.15) is 60.5 Å². The van der Waals surface area contributed by atoms with E-state index < -0.39 is 11.6 Å². The third-order valence-electron chi connectivity index (χ3n) is 10.6. The van der Waals surface area contributed by atoms with Crippen molar-refractivity contribution in [1.29, 1.82) is 0 Å². The van der Waals surface area contributed by atoms with Gasteiger partial charge in [0.25, 0.3) is 5.56 Å². The van der Waals surface area contributed by atoms with Crippen molar-refractivity contribution in [3.8, 4) is 5.75 Å². The van der Waals surface area contributed by atoms with Crippen LogP contribution in [-0.2, 0) is 13.0 Å². The summed E-state index contributed by atoms with van der Waals surface area (Å²) in [5, 5.41) is 7.08. The van der Waals surface area contributed by atoms with Gasteiger partial charge in [0.1, 0.15) is 17.4 Å². The minimum absolute atomic E-state index is 0.0930. The summed E-state index contributed by atoms with van der Waals surface area (Å²) in [7, 11) is 1.48. The molecule has 8 nitrogen and oxygen atoms in total. The highest BCUT2D eigenvalue weighted by atomic mass is 19.1. The Morgan fingerprint density at radius 2 is 1.80 bits per heavy atom. The molecular formula is C35H48F2N6O2. The zero-order valence-electron chi connectivity index (χ0n) is 27.8. The summed E-state index contributed by atoms with van der Waals surface area (Å²) in [5.41, 5.74) is 0.904. The standard InChI is InChI=1S/C35H48F2N6O2/c1-20-13-30(23(4)24(5)35(20,6)7)40-34(43-17-21(2)39-22(3)18-43)41-32-16-31-27(15-29(32)37)33(44)42(19-38-31)12-11-25-9-10-26(45-8)14-28(25)36/h9-10,14-16,19-24,30,39H,11-13,17-18H2,1-8H3,(H,40,41)/t20-,21-,22+,23+,24+,30+/m1/s1. The number of nitrogens with one attached hydrogen (secondary N) is 2. The number of halogens is 2. The van der Waals surface area contributed by atoms with Crippen LogP contribution in [0.4, 0.5) is 14.5 Å². The minimum atomic E-state index is -0.552. The number of aryl methyl sites for hydroxylation is 2. The molecule has 5 rings (SSSR count). The van der Waals surface area contributed by atoms with E-state index >= 15 is 4.39 Å². The first kappa shape index (κ1) is 32.9. The molecule has 1 saturated carbocycles. The molecule has 0 bridgehead atoms. The van der Waals surface area contributed by atoms with Crippen LogP contribution in [0.5, 0.6) is 5.75 Å². The Morgan fingerprint density at radius 3 is 2.47 bits per heavy atom. The molecule has 1 aromatic heterocycles. The van der Waals surface area contributed by atoms with Crippen LogP contribution in [0, 0.1) is 34.8 Å². The Morgan fingerprint density at radius 1 is 1.09 bits per heavy atom. The fraction of sp³-hybridized carbons (Fsp3) is 0.571. The zero-order chi connectivity index (χ0) is 32.6. The van der Waals surface area contributed by atoms with Crippen molar-refractivity contribution in [3.63, 3.8) is 0 Å². The first-order valence-electron chi connectivity index (χ1n) is 16.1. The van der Waals surface area contributed by atoms with E-state index in [1.807, 2.05) is 0 Å². The van der Waals surface area contributed by atoms with E-state index in [1.165, 1.54) is 30.1 Å². The molecule has 0 radical (unpaired) electrons. The predicted molar refractivity (Wildman–Crippen MR) is 177 cm³/mol. The number of aliphatic imine (C=N–C) groups is 1. The molecule has 1 aliphatic carbocycles. The Kier molecular flexibility index (Phi) is 9.54. The van der Waals surface area contributed by atoms with Gasteiger partial charge in [-0.25, -0.2) is 18.8 Å². The molecule has 2 heterocycles. The van der Waals surface area contributed by atoms with E-state index in [1.54, 1.807) is 18.2 Å². The monoisotopic (exact) mass is 622 g/mol. The van der Waals surface area contributed by atoms with Crippen LogP contribution in [0.2, 0.25) is 0 Å². The molecule has 2 N–H and O–H groups in total. The highest BCUT2D eigenvalue weighted by molar-refractivity contribution is 5.96. The predicted octanol–water partition coefficient (Wildman–Crippen LogP) is 6.08. The number of anilines is 1. The van der Waals surface area contributed by atoms with E-state index in [2.05, 4.69) is 69.0 Å². The normalized spacial score (nSPS) is 27.1. The number of methoxy groups -OCH3 is 1. The van der Waals surface area contributed by atoms with E-state index in [4.69, 9.17) is 9.73 Å². The third kappa shape index (κ3) is 6.86. The van der Waals surface area contributed by atoms with Crippen LogP contribution in [0.15, 0.2) is 46.4 Å². The molecule has 3 aromatic rings. The molecule has 10 heteroatoms. The highest BCUT2D eigenvalue weighted by Crippen LogP contribution is 2.48. The number of nitrogens with zero attached hydrogens (tertiary/aromatic N) is 4. The van der Waals surface area contributed by atoms with Gasteiger partial charge in [-0.1, -0.05) is 40.7 Å². The second kappa shape index (κ2) is 13.1. The molecule has 2 fully saturated rings. The number of rotatable bonds is 6. The van der Waals surface area contributed by atoms with Crippen LogP contribution in [-0.4, -0.2) is 58.7 Å². The lowest BCUT2D eigenvalue weighted by Gasteiger charge is -2.49. The lowest BCUT2D eigenvalue weighted by molar-refractivity contribution is 0.0266. The van der Waals surface area contributed by atoms with Gasteiger partial charge in [-0.3, -0.25) is 9.36 Å². The average Bonchev–Trinajstić information content (AvgIpc) is 2.99. The van der Waals surface area contributed by atoms with Gasteiger partial charge in [0, 0.05) is 37.8 Å². The first-order valence-corrected chi connectivity index (χ1v) is 16.1. The average molecular weight is 623 g/mol. The van der Waals surface area contributed by atoms with Gasteiger partial charge in [-0.15, -0.1) is 0 Å². The highest BCUT2D eigenvalue weighted by Gasteiger charge is 2.44. The number of guanidine groups is 1. The lowest BCUT2D eigenvalue weighted by Crippen LogP contribution is -2.57. The summed E-state index contributed by atoms with van der Waals surface area (Å²) >= 11 is 0. The molecule has 6 atom stereocenters. The Balaban J connectivity index is 1.44. The SMILES string of the molecule is COc1ccc(CCn2cnc3cc(NC(=N[C@H]4C[C@@H](C)C(C)(C)[C@@H](C)[C@@H]4C)N4C[C@@H](C)N[C@@H](C)C4)c(F)cc3c2=O)c(F)c1. The largest absolute Gasteiger partial charge is 0.497 e. The maximum Gasteiger partial charge on any atom is 0.261 e. The second-order valence-electron chi connectivity index (χ2n) is 13.9. The van der Waals surface area contributed by atoms with Crippen molar-refractivity contribution in [2.24, 2.45) is 28.2 Å². The summed E-state index contributed by atoms with van der Waals surface area (Å²) in [6, 6.07) is 8.05. The molecule has 244 valence electrons. The topological polar surface area (TPSA) is 83.8 Å². The summed E-state index contributed by atoms with van der Waals surface area (Å²) in [6.45, 7) is 17.6. The summed E-state index contributed by atoms with van der Waals surface area (Å²) in [6.07, 6.45) is 2.68. The van der Waals surface area contributed by atoms with Crippen molar-refractivity contribution in [1.82, 2.24) is 19.8 Å². The van der Waals surface area contributed by atoms with Gasteiger partial charge >= 0.3 is 0 Å². The van der Waals surface area contributed by atoms with Gasteiger partial charge in [-0.2, -0.15) is 0 Å². The minimum Gasteiger partial charge on any atom is -0.497 e. The van der Waals surface area contributed by atoms with E-state index in [-0.39, 0.29) is 53.1 Å². The van der Waals surface area contributed by atoms with Crippen LogP contribution < -0.4 is 20.9 Å². The van der Waals surface area contributed by atoms with E-state index in [0.717, 1.165) is 19.5 Å². The third-order valence-corrected chi connectivity index (χ3v) is 10.6. The summed E-state index contributed by atoms with van der Waals surface area (Å²) in [5.74, 6) is 1.45. The Labute approximate surface area is 265 Å². The number of benzene rings is 2. The first-order chi connectivity index (χ1) is 21.3. The maximum atomic E-state index is 15.8. The Bertz CT molecular complexity index is 1610. The molecule has 0 unspecified atom stereocenters. The van der Waals surface area contributed by atoms with E-state index in [9.17, 15) is 9.18 Å². The van der Waals surface area contributed by atoms with Crippen LogP contribution >= 0.6 is 0 Å². The van der Waals surface area contributed by atoms with Crippen molar-refractivity contribution in [2.75, 3.05) is 25.5 Å². The van der Waals surface area contributed by atoms with Crippen molar-refractivity contribution in [2.45, 2.75) is 86.0 Å². The van der Waals surface area contributed by atoms with E-state index in [0.29, 0.717) is 40.5 Å². The number of aromatic nitrogens is 2. The quantitative estimate of drug-likeness (QED) is 0.256. The number of hydrogen-bond donors (Lipinski definition) is 2. The maximum absolute atomic E-state index is 15.8. The lowest BCUT2D eigenvalue weighted by atomic mass is 9.58. The number of piperazine rings is 1. The summed E-state index contributed by atoms with van der Waals surface area (Å²) in [4.78, 5) is 25.3. The zero-order valence-corrected chi connectivity index (χ0v) is 27.8. The van der Waals surface area contributed by atoms with Gasteiger partial charge in [0.05, 0.1) is 36.1 Å². The Hall–Kier alpha value is -3.53. The van der Waals surface area contributed by atoms with Gasteiger partial charge < -0.3 is 20.3 Å². The molecule has 1 saturated heterocycles. The smallest absolute Gasteiger partial charge is 0.261 e. The van der Waals surface area contributed by atoms with Crippen LogP contribution in [0.3, 0.4) is 0 Å². The molecule has 0 spiro atoms. The molecular weight excluding hydrogens is 574 g/mol. The molecule has 1 aliphatic heterocycles. The van der Waals surface area contributed by atoms with Gasteiger partial charge in [0.15, 0.2) is 5.96 Å². The van der Waals surface area contributed by atoms with Gasteiger partial charge in [0.2, 0.25) is 0 Å². The number of ether oxygens (including phenoxy) is 1. The van der Waals surface area contributed by atoms with Gasteiger partial charge in [-0.05, 0) is 73.6 Å². The second-order valence-corrected chi connectivity index (χ2v) is 13.9. The number of fused-ring (bicyclic) bond motifs is 1. The van der Waals surface area contributed by atoms with Crippen molar-refractivity contribution in [3.05, 3.63) is 64.2 Å². The van der Waals surface area contributed by atoms with Crippen molar-refractivity contribution >= 4 is 22.5 Å². The molecule has 2 aliphatic rings. The fourth-order valence-corrected chi connectivity index (χ4v) is 7.01. The number of hydrogen-bond acceptors (Lipinski definition) is 5. The molecule has 2 aromatic carbocycles. The van der Waals surface area contributed by atoms with Crippen molar-refractivity contribution < 1.29 is 13.5 Å². The van der Waals surface area contributed by atoms with Crippen LogP contribution in [0.25, 0.3) is 10.9 Å². The molecule has 45 heavy (non-hydrogen) atoms.